The molecule has 0 spiro atoms. The maximum absolute atomic E-state index is 11.4. The van der Waals surface area contributed by atoms with Crippen LogP contribution in [0.15, 0.2) is 0 Å². The summed E-state index contributed by atoms with van der Waals surface area (Å²) in [6, 6.07) is 0.627. The first kappa shape index (κ1) is 10.9. The van der Waals surface area contributed by atoms with Gasteiger partial charge in [-0.05, 0) is 37.5 Å². The molecule has 0 aromatic carbocycles. The fraction of sp³-hybridized carbons (Fsp3) is 0.917. The molecule has 2 unspecified atom stereocenters. The van der Waals surface area contributed by atoms with Crippen molar-refractivity contribution >= 4 is 5.91 Å². The normalized spacial score (nSPS) is 30.5. The first-order valence-electron chi connectivity index (χ1n) is 6.24. The summed E-state index contributed by atoms with van der Waals surface area (Å²) in [6.07, 6.45) is 6.40. The summed E-state index contributed by atoms with van der Waals surface area (Å²) in [5, 5.41) is 6.26. The molecule has 2 aliphatic rings. The lowest BCUT2D eigenvalue weighted by molar-refractivity contribution is -0.120. The number of nitrogens with one attached hydrogen (secondary N) is 2. The molecule has 2 fully saturated rings. The van der Waals surface area contributed by atoms with Crippen LogP contribution >= 0.6 is 0 Å². The maximum atomic E-state index is 11.4. The monoisotopic (exact) mass is 210 g/mol. The Morgan fingerprint density at radius 3 is 2.67 bits per heavy atom. The third-order valence-electron chi connectivity index (χ3n) is 3.52. The van der Waals surface area contributed by atoms with Crippen LogP contribution in [0.25, 0.3) is 0 Å². The zero-order chi connectivity index (χ0) is 10.7. The molecule has 2 atom stereocenters. The van der Waals surface area contributed by atoms with Gasteiger partial charge in [-0.2, -0.15) is 0 Å². The average molecular weight is 210 g/mol. The van der Waals surface area contributed by atoms with Crippen molar-refractivity contribution in [3.05, 3.63) is 0 Å². The van der Waals surface area contributed by atoms with Crippen LogP contribution in [0.5, 0.6) is 0 Å². The maximum Gasteiger partial charge on any atom is 0.233 e. The van der Waals surface area contributed by atoms with Crippen LogP contribution in [-0.2, 0) is 4.79 Å². The van der Waals surface area contributed by atoms with Gasteiger partial charge < -0.3 is 10.6 Å². The second-order valence-electron chi connectivity index (χ2n) is 5.24. The Kier molecular flexibility index (Phi) is 3.62. The van der Waals surface area contributed by atoms with Crippen LogP contribution in [-0.4, -0.2) is 25.0 Å². The van der Waals surface area contributed by atoms with E-state index in [9.17, 15) is 4.79 Å². The second kappa shape index (κ2) is 4.97. The quantitative estimate of drug-likeness (QED) is 0.718. The van der Waals surface area contributed by atoms with Crippen molar-refractivity contribution in [3.8, 4) is 0 Å². The fourth-order valence-electron chi connectivity index (χ4n) is 2.36. The van der Waals surface area contributed by atoms with E-state index in [1.807, 2.05) is 0 Å². The minimum atomic E-state index is 0.168. The molecule has 2 N–H and O–H groups in total. The van der Waals surface area contributed by atoms with E-state index in [-0.39, 0.29) is 5.91 Å². The van der Waals surface area contributed by atoms with Crippen LogP contribution in [0.4, 0.5) is 0 Å². The van der Waals surface area contributed by atoms with Gasteiger partial charge in [-0.25, -0.2) is 0 Å². The Morgan fingerprint density at radius 2 is 2.07 bits per heavy atom. The molecule has 0 aliphatic heterocycles. The lowest BCUT2D eigenvalue weighted by Crippen LogP contribution is -2.37. The number of hydrogen-bond acceptors (Lipinski definition) is 2. The molecule has 0 aromatic heterocycles. The molecular formula is C12H22N2O. The minimum Gasteiger partial charge on any atom is -0.355 e. The summed E-state index contributed by atoms with van der Waals surface area (Å²) in [5.41, 5.74) is 0. The molecule has 0 radical (unpaired) electrons. The van der Waals surface area contributed by atoms with Gasteiger partial charge in [0.1, 0.15) is 0 Å². The number of rotatable bonds is 5. The molecule has 15 heavy (non-hydrogen) atoms. The van der Waals surface area contributed by atoms with E-state index in [4.69, 9.17) is 0 Å². The van der Waals surface area contributed by atoms with Gasteiger partial charge in [0.25, 0.3) is 0 Å². The van der Waals surface area contributed by atoms with E-state index < -0.39 is 0 Å². The zero-order valence-electron chi connectivity index (χ0n) is 9.59. The van der Waals surface area contributed by atoms with Gasteiger partial charge in [-0.3, -0.25) is 4.79 Å². The van der Waals surface area contributed by atoms with Crippen LogP contribution in [0.3, 0.4) is 0 Å². The summed E-state index contributed by atoms with van der Waals surface area (Å²) < 4.78 is 0. The third kappa shape index (κ3) is 3.82. The summed E-state index contributed by atoms with van der Waals surface area (Å²) in [4.78, 5) is 11.4. The van der Waals surface area contributed by atoms with E-state index in [1.165, 1.54) is 32.1 Å². The van der Waals surface area contributed by atoms with Gasteiger partial charge in [0.05, 0.1) is 6.54 Å². The van der Waals surface area contributed by atoms with Crippen molar-refractivity contribution in [2.24, 2.45) is 11.8 Å². The van der Waals surface area contributed by atoms with Crippen molar-refractivity contribution in [2.45, 2.75) is 45.1 Å². The molecule has 0 heterocycles. The number of amides is 1. The third-order valence-corrected chi connectivity index (χ3v) is 3.52. The molecule has 2 saturated carbocycles. The SMILES string of the molecule is CC1CCC(CNC(=O)CNC2CC2)C1. The van der Waals surface area contributed by atoms with Crippen LogP contribution < -0.4 is 10.6 Å². The molecule has 0 aromatic rings. The molecule has 2 aliphatic carbocycles. The summed E-state index contributed by atoms with van der Waals surface area (Å²) >= 11 is 0. The molecule has 0 saturated heterocycles. The number of carbonyl (C=O) groups is 1. The highest BCUT2D eigenvalue weighted by Crippen LogP contribution is 2.29. The summed E-state index contributed by atoms with van der Waals surface area (Å²) in [7, 11) is 0. The topological polar surface area (TPSA) is 41.1 Å². The number of carbonyl (C=O) groups excluding carboxylic acids is 1. The highest BCUT2D eigenvalue weighted by atomic mass is 16.1. The molecule has 3 heteroatoms. The zero-order valence-corrected chi connectivity index (χ0v) is 9.59. The molecule has 3 nitrogen and oxygen atoms in total. The van der Waals surface area contributed by atoms with E-state index >= 15 is 0 Å². The minimum absolute atomic E-state index is 0.168. The Balaban J connectivity index is 1.54. The van der Waals surface area contributed by atoms with E-state index in [2.05, 4.69) is 17.6 Å². The van der Waals surface area contributed by atoms with Crippen molar-refractivity contribution < 1.29 is 4.79 Å². The molecule has 86 valence electrons. The van der Waals surface area contributed by atoms with E-state index in [1.54, 1.807) is 0 Å². The van der Waals surface area contributed by atoms with Crippen molar-refractivity contribution in [2.75, 3.05) is 13.1 Å². The Morgan fingerprint density at radius 1 is 1.27 bits per heavy atom. The van der Waals surface area contributed by atoms with Crippen LogP contribution in [0.1, 0.15) is 39.0 Å². The average Bonchev–Trinajstić information content (AvgIpc) is 2.95. The fourth-order valence-corrected chi connectivity index (χ4v) is 2.36. The molecular weight excluding hydrogens is 188 g/mol. The Bertz CT molecular complexity index is 226. The first-order valence-corrected chi connectivity index (χ1v) is 6.24. The van der Waals surface area contributed by atoms with Gasteiger partial charge in [0, 0.05) is 12.6 Å². The molecule has 1 amide bonds. The summed E-state index contributed by atoms with van der Waals surface area (Å²) in [6.45, 7) is 3.69. The second-order valence-corrected chi connectivity index (χ2v) is 5.24. The van der Waals surface area contributed by atoms with Crippen LogP contribution in [0, 0.1) is 11.8 Å². The Labute approximate surface area is 92.0 Å². The van der Waals surface area contributed by atoms with Gasteiger partial charge in [0.15, 0.2) is 0 Å². The lowest BCUT2D eigenvalue weighted by Gasteiger charge is -2.11. The van der Waals surface area contributed by atoms with Gasteiger partial charge >= 0.3 is 0 Å². The predicted molar refractivity (Wildman–Crippen MR) is 60.5 cm³/mol. The smallest absolute Gasteiger partial charge is 0.233 e. The van der Waals surface area contributed by atoms with Gasteiger partial charge in [-0.1, -0.05) is 13.3 Å². The van der Waals surface area contributed by atoms with Crippen molar-refractivity contribution in [1.82, 2.24) is 10.6 Å². The first-order chi connectivity index (χ1) is 7.24. The van der Waals surface area contributed by atoms with Crippen LogP contribution in [0.2, 0.25) is 0 Å². The van der Waals surface area contributed by atoms with E-state index in [0.717, 1.165) is 18.4 Å². The molecule has 0 bridgehead atoms. The standard InChI is InChI=1S/C12H22N2O/c1-9-2-3-10(6-9)7-14-12(15)8-13-11-4-5-11/h9-11,13H,2-8H2,1H3,(H,14,15). The largest absolute Gasteiger partial charge is 0.355 e. The van der Waals surface area contributed by atoms with Gasteiger partial charge in [0.2, 0.25) is 5.91 Å². The lowest BCUT2D eigenvalue weighted by atomic mass is 10.1. The highest BCUT2D eigenvalue weighted by Gasteiger charge is 2.23. The van der Waals surface area contributed by atoms with E-state index in [0.29, 0.717) is 12.6 Å². The number of hydrogen-bond donors (Lipinski definition) is 2. The summed E-state index contributed by atoms with van der Waals surface area (Å²) in [5.74, 6) is 1.75. The predicted octanol–water partition coefficient (Wildman–Crippen LogP) is 1.29. The van der Waals surface area contributed by atoms with Gasteiger partial charge in [-0.15, -0.1) is 0 Å². The highest BCUT2D eigenvalue weighted by molar-refractivity contribution is 5.78. The van der Waals surface area contributed by atoms with Crippen molar-refractivity contribution in [3.63, 3.8) is 0 Å². The van der Waals surface area contributed by atoms with Crippen molar-refractivity contribution in [1.29, 1.82) is 0 Å². The Hall–Kier alpha value is -0.570. The molecule has 2 rings (SSSR count).